The van der Waals surface area contributed by atoms with Crippen LogP contribution in [-0.2, 0) is 4.79 Å². The van der Waals surface area contributed by atoms with E-state index in [1.165, 1.54) is 0 Å². The molecule has 3 aromatic rings. The molecule has 1 aromatic heterocycles. The number of nitriles is 1. The van der Waals surface area contributed by atoms with E-state index in [9.17, 15) is 10.1 Å². The Morgan fingerprint density at radius 2 is 1.68 bits per heavy atom. The summed E-state index contributed by atoms with van der Waals surface area (Å²) in [6, 6.07) is 15.7. The smallest absolute Gasteiger partial charge is 0.242 e. The first-order valence-corrected chi connectivity index (χ1v) is 10.5. The van der Waals surface area contributed by atoms with Gasteiger partial charge in [0.2, 0.25) is 5.91 Å². The van der Waals surface area contributed by atoms with Gasteiger partial charge >= 0.3 is 0 Å². The Balaban J connectivity index is 2.22. The number of hydrogen-bond acceptors (Lipinski definition) is 4. The molecule has 0 radical (unpaired) electrons. The predicted molar refractivity (Wildman–Crippen MR) is 127 cm³/mol. The van der Waals surface area contributed by atoms with E-state index in [1.807, 2.05) is 12.1 Å². The Labute approximate surface area is 196 Å². The van der Waals surface area contributed by atoms with Crippen LogP contribution < -0.4 is 5.32 Å². The van der Waals surface area contributed by atoms with Gasteiger partial charge in [-0.25, -0.2) is 4.98 Å². The number of aromatic nitrogens is 1. The topological polar surface area (TPSA) is 69.0 Å². The standard InChI is InChI=1S/C23H19Cl3N4O/c1-13(30(2)3)23(31)29-22-15(12-27)10-19(14-4-6-16(24)7-5-14)21(28-22)18-9-8-17(25)11-20(18)26/h4-11,13H,1-3H3,(H,28,29,31). The maximum atomic E-state index is 12.6. The molecule has 5 nitrogen and oxygen atoms in total. The van der Waals surface area contributed by atoms with Gasteiger partial charge in [-0.15, -0.1) is 0 Å². The number of pyridine rings is 1. The molecular formula is C23H19Cl3N4O. The first kappa shape index (κ1) is 23.1. The minimum atomic E-state index is -0.410. The molecule has 158 valence electrons. The molecule has 3 rings (SSSR count). The largest absolute Gasteiger partial charge is 0.308 e. The zero-order valence-corrected chi connectivity index (χ0v) is 19.3. The fourth-order valence-electron chi connectivity index (χ4n) is 2.89. The average Bonchev–Trinajstić information content (AvgIpc) is 2.73. The van der Waals surface area contributed by atoms with Crippen molar-refractivity contribution in [1.29, 1.82) is 5.26 Å². The highest BCUT2D eigenvalue weighted by Crippen LogP contribution is 2.38. The third kappa shape index (κ3) is 5.17. The van der Waals surface area contributed by atoms with Crippen molar-refractivity contribution in [3.63, 3.8) is 0 Å². The van der Waals surface area contributed by atoms with Crippen LogP contribution in [-0.4, -0.2) is 35.9 Å². The van der Waals surface area contributed by atoms with Crippen molar-refractivity contribution >= 4 is 46.5 Å². The fraction of sp³-hybridized carbons (Fsp3) is 0.174. The van der Waals surface area contributed by atoms with Gasteiger partial charge in [-0.2, -0.15) is 5.26 Å². The van der Waals surface area contributed by atoms with Crippen LogP contribution in [0.2, 0.25) is 15.1 Å². The normalized spacial score (nSPS) is 11.8. The molecule has 1 amide bonds. The molecule has 0 aliphatic carbocycles. The molecule has 1 unspecified atom stereocenters. The molecule has 0 aliphatic heterocycles. The van der Waals surface area contributed by atoms with E-state index in [0.717, 1.165) is 5.56 Å². The number of hydrogen-bond donors (Lipinski definition) is 1. The van der Waals surface area contributed by atoms with Gasteiger partial charge in [-0.1, -0.05) is 46.9 Å². The van der Waals surface area contributed by atoms with Crippen LogP contribution in [0.4, 0.5) is 5.82 Å². The fourth-order valence-corrected chi connectivity index (χ4v) is 3.51. The Morgan fingerprint density at radius 3 is 2.26 bits per heavy atom. The third-order valence-corrected chi connectivity index (χ3v) is 5.68. The summed E-state index contributed by atoms with van der Waals surface area (Å²) in [5.41, 5.74) is 2.84. The van der Waals surface area contributed by atoms with Gasteiger partial charge in [0.05, 0.1) is 22.3 Å². The van der Waals surface area contributed by atoms with Gasteiger partial charge < -0.3 is 5.32 Å². The van der Waals surface area contributed by atoms with Gasteiger partial charge in [0.1, 0.15) is 6.07 Å². The molecule has 0 aliphatic rings. The minimum absolute atomic E-state index is 0.167. The van der Waals surface area contributed by atoms with Gasteiger partial charge in [0.15, 0.2) is 5.82 Å². The second kappa shape index (κ2) is 9.67. The van der Waals surface area contributed by atoms with Crippen LogP contribution in [0.15, 0.2) is 48.5 Å². The summed E-state index contributed by atoms with van der Waals surface area (Å²) in [7, 11) is 3.59. The molecule has 31 heavy (non-hydrogen) atoms. The van der Waals surface area contributed by atoms with E-state index in [2.05, 4.69) is 16.4 Å². The van der Waals surface area contributed by atoms with E-state index in [4.69, 9.17) is 34.8 Å². The van der Waals surface area contributed by atoms with Gasteiger partial charge in [0, 0.05) is 21.2 Å². The average molecular weight is 474 g/mol. The lowest BCUT2D eigenvalue weighted by Crippen LogP contribution is -2.37. The summed E-state index contributed by atoms with van der Waals surface area (Å²) in [4.78, 5) is 19.0. The number of anilines is 1. The van der Waals surface area contributed by atoms with Gasteiger partial charge in [-0.05, 0) is 63.0 Å². The molecule has 0 bridgehead atoms. The molecule has 8 heteroatoms. The number of halogens is 3. The van der Waals surface area contributed by atoms with Crippen molar-refractivity contribution in [1.82, 2.24) is 9.88 Å². The zero-order valence-electron chi connectivity index (χ0n) is 17.1. The number of amides is 1. The Bertz CT molecular complexity index is 1170. The highest BCUT2D eigenvalue weighted by molar-refractivity contribution is 6.36. The Hall–Kier alpha value is -2.62. The number of nitrogens with zero attached hydrogens (tertiary/aromatic N) is 3. The molecule has 2 aromatic carbocycles. The zero-order chi connectivity index (χ0) is 22.7. The van der Waals surface area contributed by atoms with Gasteiger partial charge in [0.25, 0.3) is 0 Å². The maximum absolute atomic E-state index is 12.6. The summed E-state index contributed by atoms with van der Waals surface area (Å²) < 4.78 is 0. The molecule has 0 saturated carbocycles. The molecule has 0 saturated heterocycles. The second-order valence-electron chi connectivity index (χ2n) is 7.15. The lowest BCUT2D eigenvalue weighted by atomic mass is 9.97. The van der Waals surface area contributed by atoms with E-state index in [1.54, 1.807) is 62.3 Å². The van der Waals surface area contributed by atoms with E-state index < -0.39 is 6.04 Å². The molecule has 1 N–H and O–H groups in total. The Morgan fingerprint density at radius 1 is 1.03 bits per heavy atom. The quantitative estimate of drug-likeness (QED) is 0.483. The monoisotopic (exact) mass is 472 g/mol. The molecule has 1 heterocycles. The molecule has 0 spiro atoms. The number of rotatable bonds is 5. The maximum Gasteiger partial charge on any atom is 0.242 e. The highest BCUT2D eigenvalue weighted by atomic mass is 35.5. The molecular weight excluding hydrogens is 455 g/mol. The summed E-state index contributed by atoms with van der Waals surface area (Å²) in [5, 5.41) is 14.0. The number of carbonyl (C=O) groups is 1. The highest BCUT2D eigenvalue weighted by Gasteiger charge is 2.21. The number of nitrogens with one attached hydrogen (secondary N) is 1. The van der Waals surface area contributed by atoms with E-state index in [-0.39, 0.29) is 17.3 Å². The summed E-state index contributed by atoms with van der Waals surface area (Å²) in [5.74, 6) is -0.110. The number of carbonyl (C=O) groups excluding carboxylic acids is 1. The van der Waals surface area contributed by atoms with Crippen molar-refractivity contribution in [2.75, 3.05) is 19.4 Å². The second-order valence-corrected chi connectivity index (χ2v) is 8.43. The predicted octanol–water partition coefficient (Wildman–Crippen LogP) is 6.14. The van der Waals surface area contributed by atoms with Crippen molar-refractivity contribution < 1.29 is 4.79 Å². The van der Waals surface area contributed by atoms with Crippen LogP contribution in [0.25, 0.3) is 22.4 Å². The number of likely N-dealkylation sites (N-methyl/N-ethyl adjacent to an activating group) is 1. The van der Waals surface area contributed by atoms with Crippen LogP contribution in [0, 0.1) is 11.3 Å². The van der Waals surface area contributed by atoms with Gasteiger partial charge in [-0.3, -0.25) is 9.69 Å². The first-order valence-electron chi connectivity index (χ1n) is 9.35. The van der Waals surface area contributed by atoms with Crippen molar-refractivity contribution in [2.45, 2.75) is 13.0 Å². The summed E-state index contributed by atoms with van der Waals surface area (Å²) >= 11 is 18.6. The van der Waals surface area contributed by atoms with E-state index in [0.29, 0.717) is 31.9 Å². The SMILES string of the molecule is CC(C(=O)Nc1nc(-c2ccc(Cl)cc2Cl)c(-c2ccc(Cl)cc2)cc1C#N)N(C)C. The van der Waals surface area contributed by atoms with Crippen molar-refractivity contribution in [3.8, 4) is 28.5 Å². The van der Waals surface area contributed by atoms with Crippen molar-refractivity contribution in [2.24, 2.45) is 0 Å². The van der Waals surface area contributed by atoms with Crippen molar-refractivity contribution in [3.05, 3.63) is 69.2 Å². The van der Waals surface area contributed by atoms with Crippen LogP contribution >= 0.6 is 34.8 Å². The lowest BCUT2D eigenvalue weighted by molar-refractivity contribution is -0.119. The summed E-state index contributed by atoms with van der Waals surface area (Å²) in [6.07, 6.45) is 0. The van der Waals surface area contributed by atoms with Crippen LogP contribution in [0.3, 0.4) is 0 Å². The van der Waals surface area contributed by atoms with Crippen LogP contribution in [0.1, 0.15) is 12.5 Å². The molecule has 0 fully saturated rings. The van der Waals surface area contributed by atoms with E-state index >= 15 is 0 Å². The van der Waals surface area contributed by atoms with Crippen LogP contribution in [0.5, 0.6) is 0 Å². The lowest BCUT2D eigenvalue weighted by Gasteiger charge is -2.20. The summed E-state index contributed by atoms with van der Waals surface area (Å²) in [6.45, 7) is 1.76. The number of benzene rings is 2. The molecule has 1 atom stereocenters. The third-order valence-electron chi connectivity index (χ3n) is 4.88. The first-order chi connectivity index (χ1) is 14.7. The minimum Gasteiger partial charge on any atom is -0.308 e. The Kier molecular flexibility index (Phi) is 7.19.